The Labute approximate surface area is 93.8 Å². The Balaban J connectivity index is 3.39. The van der Waals surface area contributed by atoms with Crippen LogP contribution in [0.3, 0.4) is 0 Å². The summed E-state index contributed by atoms with van der Waals surface area (Å²) in [4.78, 5) is 22.7. The fraction of sp³-hybridized carbons (Fsp3) is 0.333. The normalized spacial score (nSPS) is 10.1. The highest BCUT2D eigenvalue weighted by Gasteiger charge is 2.15. The first-order valence-corrected chi connectivity index (χ1v) is 5.04. The standard InChI is InChI=1S/C12H15NO3/c1-4-5-6-13-9(3)11(12(15)16)8(2)7-10(13)14/h4,7H,1,5-6H2,2-3H3,(H,15,16). The lowest BCUT2D eigenvalue weighted by atomic mass is 10.1. The van der Waals surface area contributed by atoms with E-state index in [4.69, 9.17) is 5.11 Å². The summed E-state index contributed by atoms with van der Waals surface area (Å²) in [6.07, 6.45) is 2.34. The Kier molecular flexibility index (Phi) is 3.66. The van der Waals surface area contributed by atoms with Crippen LogP contribution in [0.4, 0.5) is 0 Å². The van der Waals surface area contributed by atoms with Gasteiger partial charge in [0.1, 0.15) is 0 Å². The molecule has 0 bridgehead atoms. The Morgan fingerprint density at radius 3 is 2.69 bits per heavy atom. The molecule has 0 saturated carbocycles. The van der Waals surface area contributed by atoms with E-state index in [2.05, 4.69) is 6.58 Å². The first-order valence-electron chi connectivity index (χ1n) is 5.04. The van der Waals surface area contributed by atoms with Crippen LogP contribution in [0.1, 0.15) is 28.0 Å². The van der Waals surface area contributed by atoms with Crippen molar-refractivity contribution in [2.75, 3.05) is 0 Å². The number of carboxylic acid groups (broad SMARTS) is 1. The van der Waals surface area contributed by atoms with E-state index in [1.165, 1.54) is 10.6 Å². The minimum absolute atomic E-state index is 0.165. The molecule has 0 unspecified atom stereocenters. The second-order valence-corrected chi connectivity index (χ2v) is 3.66. The van der Waals surface area contributed by atoms with E-state index in [1.807, 2.05) is 0 Å². The predicted octanol–water partition coefficient (Wildman–Crippen LogP) is 1.74. The summed E-state index contributed by atoms with van der Waals surface area (Å²) in [7, 11) is 0. The van der Waals surface area contributed by atoms with Crippen molar-refractivity contribution >= 4 is 5.97 Å². The molecule has 1 N–H and O–H groups in total. The zero-order valence-corrected chi connectivity index (χ0v) is 9.49. The van der Waals surface area contributed by atoms with Gasteiger partial charge in [0.05, 0.1) is 5.56 Å². The molecule has 86 valence electrons. The van der Waals surface area contributed by atoms with Crippen LogP contribution >= 0.6 is 0 Å². The van der Waals surface area contributed by atoms with Gasteiger partial charge in [-0.15, -0.1) is 6.58 Å². The first kappa shape index (κ1) is 12.2. The molecule has 0 radical (unpaired) electrons. The molecular formula is C12H15NO3. The number of nitrogens with zero attached hydrogens (tertiary/aromatic N) is 1. The molecule has 1 aromatic heterocycles. The summed E-state index contributed by atoms with van der Waals surface area (Å²) in [6, 6.07) is 1.36. The minimum atomic E-state index is -0.998. The molecule has 1 aromatic rings. The molecule has 1 rings (SSSR count). The van der Waals surface area contributed by atoms with E-state index < -0.39 is 5.97 Å². The molecule has 0 fully saturated rings. The Morgan fingerprint density at radius 2 is 2.19 bits per heavy atom. The third-order valence-electron chi connectivity index (χ3n) is 2.54. The maximum absolute atomic E-state index is 11.7. The fourth-order valence-corrected chi connectivity index (χ4v) is 1.74. The maximum atomic E-state index is 11.7. The smallest absolute Gasteiger partial charge is 0.337 e. The van der Waals surface area contributed by atoms with Crippen molar-refractivity contribution in [1.82, 2.24) is 4.57 Å². The molecule has 16 heavy (non-hydrogen) atoms. The first-order chi connectivity index (χ1) is 7.49. The van der Waals surface area contributed by atoms with Crippen LogP contribution in [0, 0.1) is 13.8 Å². The van der Waals surface area contributed by atoms with Crippen molar-refractivity contribution in [3.05, 3.63) is 45.9 Å². The lowest BCUT2D eigenvalue weighted by molar-refractivity contribution is 0.0694. The average Bonchev–Trinajstić information content (AvgIpc) is 2.16. The van der Waals surface area contributed by atoms with E-state index >= 15 is 0 Å². The Hall–Kier alpha value is -1.84. The zero-order chi connectivity index (χ0) is 12.3. The lowest BCUT2D eigenvalue weighted by Crippen LogP contribution is -2.25. The van der Waals surface area contributed by atoms with Crippen molar-refractivity contribution in [3.63, 3.8) is 0 Å². The van der Waals surface area contributed by atoms with E-state index in [-0.39, 0.29) is 11.1 Å². The molecular weight excluding hydrogens is 206 g/mol. The zero-order valence-electron chi connectivity index (χ0n) is 9.49. The van der Waals surface area contributed by atoms with E-state index in [1.54, 1.807) is 19.9 Å². The second kappa shape index (κ2) is 4.79. The number of aromatic carboxylic acids is 1. The summed E-state index contributed by atoms with van der Waals surface area (Å²) in [5, 5.41) is 9.05. The van der Waals surface area contributed by atoms with Crippen LogP contribution in [0.25, 0.3) is 0 Å². The molecule has 0 aliphatic rings. The number of aromatic nitrogens is 1. The van der Waals surface area contributed by atoms with Crippen molar-refractivity contribution in [2.24, 2.45) is 0 Å². The van der Waals surface area contributed by atoms with Crippen molar-refractivity contribution in [3.8, 4) is 0 Å². The highest BCUT2D eigenvalue weighted by molar-refractivity contribution is 5.90. The van der Waals surface area contributed by atoms with Gasteiger partial charge in [0, 0.05) is 18.3 Å². The predicted molar refractivity (Wildman–Crippen MR) is 61.9 cm³/mol. The minimum Gasteiger partial charge on any atom is -0.478 e. The largest absolute Gasteiger partial charge is 0.478 e. The topological polar surface area (TPSA) is 59.3 Å². The SMILES string of the molecule is C=CCCn1c(C)c(C(=O)O)c(C)cc1=O. The number of rotatable bonds is 4. The molecule has 4 nitrogen and oxygen atoms in total. The highest BCUT2D eigenvalue weighted by atomic mass is 16.4. The molecule has 0 saturated heterocycles. The summed E-state index contributed by atoms with van der Waals surface area (Å²) in [5.41, 5.74) is 1.05. The van der Waals surface area contributed by atoms with Gasteiger partial charge in [0.2, 0.25) is 0 Å². The molecule has 0 aromatic carbocycles. The lowest BCUT2D eigenvalue weighted by Gasteiger charge is -2.12. The van der Waals surface area contributed by atoms with Crippen molar-refractivity contribution in [2.45, 2.75) is 26.8 Å². The summed E-state index contributed by atoms with van der Waals surface area (Å²) in [6.45, 7) is 7.33. The van der Waals surface area contributed by atoms with E-state index in [9.17, 15) is 9.59 Å². The number of hydrogen-bond acceptors (Lipinski definition) is 2. The summed E-state index contributed by atoms with van der Waals surface area (Å²) in [5.74, 6) is -0.998. The van der Waals surface area contributed by atoms with Crippen LogP contribution in [-0.4, -0.2) is 15.6 Å². The molecule has 0 aliphatic carbocycles. The molecule has 1 heterocycles. The molecule has 0 aliphatic heterocycles. The van der Waals surface area contributed by atoms with Crippen molar-refractivity contribution in [1.29, 1.82) is 0 Å². The van der Waals surface area contributed by atoms with Gasteiger partial charge in [-0.3, -0.25) is 4.79 Å². The number of pyridine rings is 1. The van der Waals surface area contributed by atoms with Gasteiger partial charge in [0.25, 0.3) is 5.56 Å². The van der Waals surface area contributed by atoms with Crippen molar-refractivity contribution < 1.29 is 9.90 Å². The molecule has 4 heteroatoms. The van der Waals surface area contributed by atoms with Crippen LogP contribution < -0.4 is 5.56 Å². The van der Waals surface area contributed by atoms with E-state index in [0.717, 1.165) is 0 Å². The van der Waals surface area contributed by atoms with Gasteiger partial charge in [-0.2, -0.15) is 0 Å². The van der Waals surface area contributed by atoms with Crippen LogP contribution in [0.5, 0.6) is 0 Å². The highest BCUT2D eigenvalue weighted by Crippen LogP contribution is 2.11. The van der Waals surface area contributed by atoms with Gasteiger partial charge in [0.15, 0.2) is 0 Å². The Morgan fingerprint density at radius 1 is 1.56 bits per heavy atom. The summed E-state index contributed by atoms with van der Waals surface area (Å²) >= 11 is 0. The van der Waals surface area contributed by atoms with Gasteiger partial charge in [-0.05, 0) is 25.8 Å². The number of carboxylic acids is 1. The number of carbonyl (C=O) groups is 1. The molecule has 0 atom stereocenters. The van der Waals surface area contributed by atoms with Gasteiger partial charge < -0.3 is 9.67 Å². The number of allylic oxidation sites excluding steroid dienone is 1. The van der Waals surface area contributed by atoms with Gasteiger partial charge >= 0.3 is 5.97 Å². The third kappa shape index (κ3) is 2.21. The molecule has 0 spiro atoms. The second-order valence-electron chi connectivity index (χ2n) is 3.66. The molecule has 0 amide bonds. The van der Waals surface area contributed by atoms with Gasteiger partial charge in [-0.1, -0.05) is 6.08 Å². The Bertz CT molecular complexity index is 486. The number of aryl methyl sites for hydroxylation is 1. The quantitative estimate of drug-likeness (QED) is 0.788. The van der Waals surface area contributed by atoms with Crippen LogP contribution in [-0.2, 0) is 6.54 Å². The fourth-order valence-electron chi connectivity index (χ4n) is 1.74. The third-order valence-corrected chi connectivity index (χ3v) is 2.54. The van der Waals surface area contributed by atoms with Gasteiger partial charge in [-0.25, -0.2) is 4.79 Å². The van der Waals surface area contributed by atoms with E-state index in [0.29, 0.717) is 24.2 Å². The maximum Gasteiger partial charge on any atom is 0.337 e. The van der Waals surface area contributed by atoms with Crippen LogP contribution in [0.2, 0.25) is 0 Å². The number of hydrogen-bond donors (Lipinski definition) is 1. The van der Waals surface area contributed by atoms with Crippen LogP contribution in [0.15, 0.2) is 23.5 Å². The average molecular weight is 221 g/mol. The summed E-state index contributed by atoms with van der Waals surface area (Å²) < 4.78 is 1.47. The monoisotopic (exact) mass is 221 g/mol.